The van der Waals surface area contributed by atoms with Crippen LogP contribution in [0.4, 0.5) is 13.2 Å². The molecule has 146 valence electrons. The third-order valence-corrected chi connectivity index (χ3v) is 6.65. The lowest BCUT2D eigenvalue weighted by atomic mass is 9.95. The summed E-state index contributed by atoms with van der Waals surface area (Å²) in [6, 6.07) is 9.75. The highest BCUT2D eigenvalue weighted by Gasteiger charge is 2.38. The van der Waals surface area contributed by atoms with Crippen LogP contribution in [0.3, 0.4) is 0 Å². The maximum Gasteiger partial charge on any atom is 0.451 e. The predicted molar refractivity (Wildman–Crippen MR) is 101 cm³/mol. The molecule has 3 heterocycles. The van der Waals surface area contributed by atoms with E-state index < -0.39 is 17.6 Å². The van der Waals surface area contributed by atoms with Gasteiger partial charge in [-0.15, -0.1) is 11.3 Å². The number of alkyl halides is 3. The maximum atomic E-state index is 13.1. The number of aliphatic hydroxyl groups is 1. The molecule has 28 heavy (non-hydrogen) atoms. The molecule has 10 heteroatoms. The second-order valence-corrected chi connectivity index (χ2v) is 8.43. The summed E-state index contributed by atoms with van der Waals surface area (Å²) >= 11 is 2.16. The highest BCUT2D eigenvalue weighted by molar-refractivity contribution is 8.00. The van der Waals surface area contributed by atoms with Gasteiger partial charge < -0.3 is 10.4 Å². The van der Waals surface area contributed by atoms with Crippen molar-refractivity contribution in [3.05, 3.63) is 52.0 Å². The molecule has 0 saturated carbocycles. The molecule has 0 amide bonds. The van der Waals surface area contributed by atoms with E-state index in [4.69, 9.17) is 0 Å². The fourth-order valence-corrected chi connectivity index (χ4v) is 4.79. The van der Waals surface area contributed by atoms with E-state index in [1.807, 2.05) is 0 Å². The molecule has 2 aromatic heterocycles. The summed E-state index contributed by atoms with van der Waals surface area (Å²) in [5, 5.41) is 13.9. The van der Waals surface area contributed by atoms with Crippen LogP contribution in [0.15, 0.2) is 41.4 Å². The molecular weight excluding hydrogens is 411 g/mol. The molecule has 0 unspecified atom stereocenters. The Morgan fingerprint density at radius 2 is 1.96 bits per heavy atom. The van der Waals surface area contributed by atoms with E-state index in [0.29, 0.717) is 28.2 Å². The fourth-order valence-electron chi connectivity index (χ4n) is 2.76. The van der Waals surface area contributed by atoms with Crippen LogP contribution in [0.1, 0.15) is 20.4 Å². The third kappa shape index (κ3) is 3.64. The van der Waals surface area contributed by atoms with Gasteiger partial charge in [-0.1, -0.05) is 30.0 Å². The minimum absolute atomic E-state index is 0.0606. The number of β-amino-alcohol motifs (C(OH)–C–C–N with tert-alkyl or cyclic N) is 1. The van der Waals surface area contributed by atoms with Gasteiger partial charge in [-0.25, -0.2) is 9.97 Å². The van der Waals surface area contributed by atoms with Crippen molar-refractivity contribution in [2.24, 2.45) is 0 Å². The summed E-state index contributed by atoms with van der Waals surface area (Å²) in [5.41, 5.74) is -0.765. The number of Topliss-reactive ketones (excluding diaryl/α,β-unsaturated/α-hetero) is 1. The highest BCUT2D eigenvalue weighted by atomic mass is 32.2. The number of carbonyl (C=O) groups is 1. The Kier molecular flexibility index (Phi) is 4.90. The minimum atomic E-state index is -4.67. The number of halogens is 3. The Hall–Kier alpha value is -2.01. The summed E-state index contributed by atoms with van der Waals surface area (Å²) in [5.74, 6) is -1.51. The average molecular weight is 425 g/mol. The number of rotatable bonds is 5. The summed E-state index contributed by atoms with van der Waals surface area (Å²) in [6.07, 6.45) is -4.67. The predicted octanol–water partition coefficient (Wildman–Crippen LogP) is 3.48. The molecule has 5 nitrogen and oxygen atoms in total. The summed E-state index contributed by atoms with van der Waals surface area (Å²) in [4.78, 5) is 20.9. The van der Waals surface area contributed by atoms with E-state index >= 15 is 0 Å². The Morgan fingerprint density at radius 3 is 2.64 bits per heavy atom. The number of thiophene rings is 1. The van der Waals surface area contributed by atoms with Gasteiger partial charge in [0.05, 0.1) is 16.1 Å². The van der Waals surface area contributed by atoms with Gasteiger partial charge in [-0.2, -0.15) is 13.2 Å². The largest absolute Gasteiger partial charge is 0.451 e. The molecule has 1 aliphatic rings. The van der Waals surface area contributed by atoms with Crippen molar-refractivity contribution < 1.29 is 23.1 Å². The molecule has 0 aliphatic carbocycles. The topological polar surface area (TPSA) is 75.1 Å². The van der Waals surface area contributed by atoms with Crippen LogP contribution in [0.25, 0.3) is 10.9 Å². The third-order valence-electron chi connectivity index (χ3n) is 4.34. The first-order valence-electron chi connectivity index (χ1n) is 8.30. The van der Waals surface area contributed by atoms with Crippen LogP contribution in [-0.4, -0.2) is 39.7 Å². The molecule has 1 fully saturated rings. The molecule has 1 aromatic carbocycles. The first-order valence-corrected chi connectivity index (χ1v) is 10.1. The SMILES string of the molecule is O=C(CSc1nc(C(F)(F)F)nc2ccccc12)c1ccc(C2(O)CNC2)s1. The van der Waals surface area contributed by atoms with Crippen molar-refractivity contribution >= 4 is 39.8 Å². The van der Waals surface area contributed by atoms with Crippen molar-refractivity contribution in [1.29, 1.82) is 0 Å². The number of fused-ring (bicyclic) bond motifs is 1. The molecular formula is C18H14F3N3O2S2. The van der Waals surface area contributed by atoms with Gasteiger partial charge in [0.15, 0.2) is 5.78 Å². The smallest absolute Gasteiger partial charge is 0.382 e. The van der Waals surface area contributed by atoms with Gasteiger partial charge in [0.2, 0.25) is 5.82 Å². The summed E-state index contributed by atoms with van der Waals surface area (Å²) in [6.45, 7) is 0.867. The quantitative estimate of drug-likeness (QED) is 0.370. The molecule has 4 rings (SSSR count). The van der Waals surface area contributed by atoms with E-state index in [2.05, 4.69) is 15.3 Å². The number of benzene rings is 1. The number of hydrogen-bond acceptors (Lipinski definition) is 7. The molecule has 1 saturated heterocycles. The lowest BCUT2D eigenvalue weighted by molar-refractivity contribution is -0.145. The number of nitrogens with zero attached hydrogens (tertiary/aromatic N) is 2. The van der Waals surface area contributed by atoms with Crippen molar-refractivity contribution in [2.45, 2.75) is 16.8 Å². The molecule has 3 aromatic rings. The standard InChI is InChI=1S/C18H14F3N3O2S2/c19-18(20,21)16-23-11-4-2-1-3-10(11)15(24-16)27-7-12(25)13-5-6-14(28-13)17(26)8-22-9-17/h1-6,22,26H,7-9H2. The fraction of sp³-hybridized carbons (Fsp3) is 0.278. The van der Waals surface area contributed by atoms with Gasteiger partial charge in [0.25, 0.3) is 0 Å². The van der Waals surface area contributed by atoms with E-state index in [0.717, 1.165) is 11.8 Å². The van der Waals surface area contributed by atoms with Gasteiger partial charge in [-0.3, -0.25) is 4.79 Å². The first-order chi connectivity index (χ1) is 13.3. The van der Waals surface area contributed by atoms with E-state index in [-0.39, 0.29) is 22.1 Å². The lowest BCUT2D eigenvalue weighted by Gasteiger charge is -2.36. The number of thioether (sulfide) groups is 1. The molecule has 1 aliphatic heterocycles. The maximum absolute atomic E-state index is 13.1. The van der Waals surface area contributed by atoms with Crippen molar-refractivity contribution in [2.75, 3.05) is 18.8 Å². The summed E-state index contributed by atoms with van der Waals surface area (Å²) < 4.78 is 39.3. The second kappa shape index (κ2) is 7.11. The first kappa shape index (κ1) is 19.3. The Bertz CT molecular complexity index is 1050. The van der Waals surface area contributed by atoms with Crippen LogP contribution >= 0.6 is 23.1 Å². The van der Waals surface area contributed by atoms with Crippen LogP contribution in [0, 0.1) is 0 Å². The van der Waals surface area contributed by atoms with Gasteiger partial charge in [0.1, 0.15) is 10.6 Å². The van der Waals surface area contributed by atoms with Crippen LogP contribution in [-0.2, 0) is 11.8 Å². The van der Waals surface area contributed by atoms with Crippen LogP contribution in [0.5, 0.6) is 0 Å². The number of nitrogens with one attached hydrogen (secondary N) is 1. The van der Waals surface area contributed by atoms with Crippen LogP contribution < -0.4 is 5.32 Å². The number of carbonyl (C=O) groups excluding carboxylic acids is 1. The van der Waals surface area contributed by atoms with E-state index in [9.17, 15) is 23.1 Å². The van der Waals surface area contributed by atoms with Gasteiger partial charge >= 0.3 is 6.18 Å². The second-order valence-electron chi connectivity index (χ2n) is 6.38. The molecule has 0 bridgehead atoms. The van der Waals surface area contributed by atoms with E-state index in [1.165, 1.54) is 17.4 Å². The van der Waals surface area contributed by atoms with E-state index in [1.54, 1.807) is 30.3 Å². The van der Waals surface area contributed by atoms with Gasteiger partial charge in [0, 0.05) is 23.4 Å². The van der Waals surface area contributed by atoms with Gasteiger partial charge in [-0.05, 0) is 18.2 Å². The zero-order valence-corrected chi connectivity index (χ0v) is 15.9. The average Bonchev–Trinajstić information content (AvgIpc) is 3.13. The van der Waals surface area contributed by atoms with Crippen LogP contribution in [0.2, 0.25) is 0 Å². The minimum Gasteiger partial charge on any atom is -0.382 e. The molecule has 2 N–H and O–H groups in total. The Morgan fingerprint density at radius 1 is 1.21 bits per heavy atom. The normalized spacial score (nSPS) is 16.1. The summed E-state index contributed by atoms with van der Waals surface area (Å²) in [7, 11) is 0. The molecule has 0 spiro atoms. The zero-order chi connectivity index (χ0) is 19.9. The highest BCUT2D eigenvalue weighted by Crippen LogP contribution is 2.34. The monoisotopic (exact) mass is 425 g/mol. The molecule has 0 radical (unpaired) electrons. The number of aromatic nitrogens is 2. The Labute approximate surface area is 166 Å². The van der Waals surface area contributed by atoms with Crippen molar-refractivity contribution in [3.63, 3.8) is 0 Å². The zero-order valence-electron chi connectivity index (χ0n) is 14.3. The molecule has 0 atom stereocenters. The Balaban J connectivity index is 1.56. The number of para-hydroxylation sites is 1. The number of hydrogen-bond donors (Lipinski definition) is 2. The lowest BCUT2D eigenvalue weighted by Crippen LogP contribution is -2.56. The van der Waals surface area contributed by atoms with Crippen molar-refractivity contribution in [3.8, 4) is 0 Å². The van der Waals surface area contributed by atoms with Crippen molar-refractivity contribution in [1.82, 2.24) is 15.3 Å². The number of ketones is 1.